The fraction of sp³-hybridized carbons (Fsp3) is 0.357. The summed E-state index contributed by atoms with van der Waals surface area (Å²) in [5.41, 5.74) is 6.53. The van der Waals surface area contributed by atoms with E-state index in [9.17, 15) is 4.79 Å². The Morgan fingerprint density at radius 3 is 2.63 bits per heavy atom. The van der Waals surface area contributed by atoms with E-state index >= 15 is 0 Å². The molecule has 1 aromatic heterocycles. The number of hydrogen-bond donors (Lipinski definition) is 1. The molecule has 2 N–H and O–H groups in total. The van der Waals surface area contributed by atoms with E-state index in [1.165, 1.54) is 11.8 Å². The van der Waals surface area contributed by atoms with Crippen LogP contribution in [0, 0.1) is 5.41 Å². The highest BCUT2D eigenvalue weighted by atomic mass is 35.5. The fourth-order valence-corrected chi connectivity index (χ4v) is 3.02. The Bertz CT molecular complexity index is 580. The molecule has 0 aliphatic heterocycles. The molecule has 0 amide bonds. The van der Waals surface area contributed by atoms with E-state index in [1.54, 1.807) is 11.3 Å². The monoisotopic (exact) mass is 299 g/mol. The highest BCUT2D eigenvalue weighted by Gasteiger charge is 2.37. The SMILES string of the molecule is COC(=O)C(C)(C)[C@H](N)c1csc2ccccc12.Cl. The van der Waals surface area contributed by atoms with Crippen molar-refractivity contribution >= 4 is 39.8 Å². The van der Waals surface area contributed by atoms with Crippen LogP contribution in [0.2, 0.25) is 0 Å². The number of rotatable bonds is 3. The lowest BCUT2D eigenvalue weighted by Crippen LogP contribution is -2.37. The van der Waals surface area contributed by atoms with Crippen LogP contribution in [-0.2, 0) is 9.53 Å². The van der Waals surface area contributed by atoms with E-state index in [4.69, 9.17) is 10.5 Å². The number of esters is 1. The molecule has 0 fully saturated rings. The summed E-state index contributed by atoms with van der Waals surface area (Å²) in [7, 11) is 1.39. The zero-order valence-electron chi connectivity index (χ0n) is 11.2. The molecule has 0 saturated heterocycles. The van der Waals surface area contributed by atoms with Crippen LogP contribution in [0.25, 0.3) is 10.1 Å². The molecule has 104 valence electrons. The van der Waals surface area contributed by atoms with Gasteiger partial charge in [-0.15, -0.1) is 23.7 Å². The van der Waals surface area contributed by atoms with Gasteiger partial charge in [-0.1, -0.05) is 18.2 Å². The lowest BCUT2D eigenvalue weighted by molar-refractivity contribution is -0.152. The maximum Gasteiger partial charge on any atom is 0.313 e. The Balaban J connectivity index is 0.00000180. The van der Waals surface area contributed by atoms with Crippen molar-refractivity contribution in [1.82, 2.24) is 0 Å². The average molecular weight is 300 g/mol. The molecule has 5 heteroatoms. The van der Waals surface area contributed by atoms with Crippen LogP contribution in [0.1, 0.15) is 25.5 Å². The fourth-order valence-electron chi connectivity index (χ4n) is 2.02. The number of fused-ring (bicyclic) bond motifs is 1. The highest BCUT2D eigenvalue weighted by molar-refractivity contribution is 7.17. The van der Waals surface area contributed by atoms with E-state index < -0.39 is 5.41 Å². The van der Waals surface area contributed by atoms with E-state index in [0.29, 0.717) is 0 Å². The van der Waals surface area contributed by atoms with E-state index in [0.717, 1.165) is 10.9 Å². The number of hydrogen-bond acceptors (Lipinski definition) is 4. The number of carbonyl (C=O) groups is 1. The Kier molecular flexibility index (Phi) is 4.96. The molecule has 1 heterocycles. The van der Waals surface area contributed by atoms with Crippen molar-refractivity contribution in [2.24, 2.45) is 11.1 Å². The zero-order chi connectivity index (χ0) is 13.3. The van der Waals surface area contributed by atoms with Gasteiger partial charge in [-0.05, 0) is 36.2 Å². The largest absolute Gasteiger partial charge is 0.469 e. The van der Waals surface area contributed by atoms with Crippen LogP contribution in [0.5, 0.6) is 0 Å². The van der Waals surface area contributed by atoms with Crippen LogP contribution in [-0.4, -0.2) is 13.1 Å². The summed E-state index contributed by atoms with van der Waals surface area (Å²) < 4.78 is 6.01. The van der Waals surface area contributed by atoms with Gasteiger partial charge >= 0.3 is 5.97 Å². The summed E-state index contributed by atoms with van der Waals surface area (Å²) in [6.07, 6.45) is 0. The van der Waals surface area contributed by atoms with Gasteiger partial charge < -0.3 is 10.5 Å². The summed E-state index contributed by atoms with van der Waals surface area (Å²) in [5, 5.41) is 3.15. The van der Waals surface area contributed by atoms with Crippen molar-refractivity contribution in [3.63, 3.8) is 0 Å². The second-order valence-electron chi connectivity index (χ2n) is 4.88. The molecule has 0 bridgehead atoms. The van der Waals surface area contributed by atoms with Crippen molar-refractivity contribution in [2.75, 3.05) is 7.11 Å². The molecule has 1 atom stereocenters. The molecular weight excluding hydrogens is 282 g/mol. The molecule has 0 unspecified atom stereocenters. The number of ether oxygens (including phenoxy) is 1. The molecule has 2 aromatic rings. The predicted octanol–water partition coefficient (Wildman–Crippen LogP) is 3.52. The molecule has 0 aliphatic rings. The minimum absolute atomic E-state index is 0. The second kappa shape index (κ2) is 5.90. The van der Waals surface area contributed by atoms with E-state index in [-0.39, 0.29) is 24.4 Å². The first kappa shape index (κ1) is 16.0. The summed E-state index contributed by atoms with van der Waals surface area (Å²) in [6.45, 7) is 3.63. The molecule has 0 aliphatic carbocycles. The predicted molar refractivity (Wildman–Crippen MR) is 81.8 cm³/mol. The van der Waals surface area contributed by atoms with Gasteiger partial charge in [0, 0.05) is 10.7 Å². The molecule has 0 radical (unpaired) electrons. The maximum absolute atomic E-state index is 11.8. The van der Waals surface area contributed by atoms with E-state index in [1.807, 2.05) is 37.4 Å². The first-order valence-corrected chi connectivity index (χ1v) is 6.66. The maximum atomic E-state index is 11.8. The topological polar surface area (TPSA) is 52.3 Å². The number of halogens is 1. The molecule has 19 heavy (non-hydrogen) atoms. The van der Waals surface area contributed by atoms with Gasteiger partial charge in [0.15, 0.2) is 0 Å². The highest BCUT2D eigenvalue weighted by Crippen LogP contribution is 2.38. The average Bonchev–Trinajstić information content (AvgIpc) is 2.80. The van der Waals surface area contributed by atoms with Crippen molar-refractivity contribution in [1.29, 1.82) is 0 Å². The summed E-state index contributed by atoms with van der Waals surface area (Å²) in [4.78, 5) is 11.8. The van der Waals surface area contributed by atoms with Crippen molar-refractivity contribution in [3.05, 3.63) is 35.2 Å². The van der Waals surface area contributed by atoms with Gasteiger partial charge in [-0.2, -0.15) is 0 Å². The third kappa shape index (κ3) is 2.76. The Hall–Kier alpha value is -1.10. The van der Waals surface area contributed by atoms with Crippen LogP contribution < -0.4 is 5.73 Å². The van der Waals surface area contributed by atoms with Crippen molar-refractivity contribution in [3.8, 4) is 0 Å². The molecule has 2 rings (SSSR count). The smallest absolute Gasteiger partial charge is 0.313 e. The van der Waals surface area contributed by atoms with Gasteiger partial charge in [0.1, 0.15) is 0 Å². The lowest BCUT2D eigenvalue weighted by Gasteiger charge is -2.28. The summed E-state index contributed by atoms with van der Waals surface area (Å²) >= 11 is 1.65. The Labute approximate surface area is 123 Å². The quantitative estimate of drug-likeness (QED) is 0.882. The van der Waals surface area contributed by atoms with Gasteiger partial charge in [0.25, 0.3) is 0 Å². The first-order valence-electron chi connectivity index (χ1n) is 5.78. The van der Waals surface area contributed by atoms with Crippen LogP contribution in [0.4, 0.5) is 0 Å². The third-order valence-electron chi connectivity index (χ3n) is 3.33. The summed E-state index contributed by atoms with van der Waals surface area (Å²) in [5.74, 6) is -0.287. The first-order chi connectivity index (χ1) is 8.48. The molecule has 0 saturated carbocycles. The lowest BCUT2D eigenvalue weighted by atomic mass is 9.81. The van der Waals surface area contributed by atoms with E-state index in [2.05, 4.69) is 6.07 Å². The number of thiophene rings is 1. The van der Waals surface area contributed by atoms with Crippen molar-refractivity contribution < 1.29 is 9.53 Å². The summed E-state index contributed by atoms with van der Waals surface area (Å²) in [6, 6.07) is 7.70. The minimum Gasteiger partial charge on any atom is -0.469 e. The minimum atomic E-state index is -0.738. The molecular formula is C14H18ClNO2S. The normalized spacial score (nSPS) is 12.8. The van der Waals surface area contributed by atoms with Crippen LogP contribution in [0.3, 0.4) is 0 Å². The third-order valence-corrected chi connectivity index (χ3v) is 4.32. The van der Waals surface area contributed by atoms with Gasteiger partial charge in [0.05, 0.1) is 12.5 Å². The van der Waals surface area contributed by atoms with Crippen LogP contribution in [0.15, 0.2) is 29.6 Å². The Morgan fingerprint density at radius 2 is 2.00 bits per heavy atom. The number of nitrogens with two attached hydrogens (primary N) is 1. The van der Waals surface area contributed by atoms with Gasteiger partial charge in [-0.3, -0.25) is 4.79 Å². The zero-order valence-corrected chi connectivity index (χ0v) is 12.8. The standard InChI is InChI=1S/C14H17NO2S.ClH/c1-14(2,13(16)17-3)12(15)10-8-18-11-7-5-4-6-9(10)11;/h4-8,12H,15H2,1-3H3;1H/t12-;/m1./s1. The second-order valence-corrected chi connectivity index (χ2v) is 5.79. The molecule has 3 nitrogen and oxygen atoms in total. The van der Waals surface area contributed by atoms with Crippen LogP contribution >= 0.6 is 23.7 Å². The van der Waals surface area contributed by atoms with Gasteiger partial charge in [-0.25, -0.2) is 0 Å². The number of methoxy groups -OCH3 is 1. The molecule has 0 spiro atoms. The number of benzene rings is 1. The Morgan fingerprint density at radius 1 is 1.37 bits per heavy atom. The van der Waals surface area contributed by atoms with Gasteiger partial charge in [0.2, 0.25) is 0 Å². The molecule has 1 aromatic carbocycles. The number of carbonyl (C=O) groups excluding carboxylic acids is 1. The van der Waals surface area contributed by atoms with Crippen molar-refractivity contribution in [2.45, 2.75) is 19.9 Å².